The van der Waals surface area contributed by atoms with Gasteiger partial charge < -0.3 is 19.5 Å². The van der Waals surface area contributed by atoms with E-state index >= 15 is 0 Å². The number of piperidine rings is 1. The third-order valence-corrected chi connectivity index (χ3v) is 2.84. The smallest absolute Gasteiger partial charge is 0.0701 e. The molecule has 0 amide bonds. The van der Waals surface area contributed by atoms with E-state index in [-0.39, 0.29) is 6.61 Å². The molecule has 0 unspecified atom stereocenters. The van der Waals surface area contributed by atoms with E-state index < -0.39 is 0 Å². The molecule has 0 aromatic rings. The third-order valence-electron chi connectivity index (χ3n) is 2.84. The summed E-state index contributed by atoms with van der Waals surface area (Å²) in [6.07, 6.45) is 2.81. The van der Waals surface area contributed by atoms with E-state index in [4.69, 9.17) is 14.6 Å². The van der Waals surface area contributed by atoms with Crippen LogP contribution in [0.2, 0.25) is 0 Å². The Balaban J connectivity index is 2.03. The van der Waals surface area contributed by atoms with E-state index in [0.29, 0.717) is 18.8 Å². The molecular weight excluding hydrogens is 206 g/mol. The van der Waals surface area contributed by atoms with Gasteiger partial charge in [0, 0.05) is 19.6 Å². The molecule has 1 saturated heterocycles. The van der Waals surface area contributed by atoms with Gasteiger partial charge in [0.25, 0.3) is 0 Å². The van der Waals surface area contributed by atoms with Gasteiger partial charge in [-0.25, -0.2) is 0 Å². The normalized spacial score (nSPS) is 19.5. The van der Waals surface area contributed by atoms with E-state index in [2.05, 4.69) is 18.7 Å². The van der Waals surface area contributed by atoms with Crippen molar-refractivity contribution >= 4 is 0 Å². The van der Waals surface area contributed by atoms with Crippen LogP contribution in [-0.4, -0.2) is 61.7 Å². The van der Waals surface area contributed by atoms with Crippen molar-refractivity contribution < 1.29 is 14.6 Å². The molecule has 1 fully saturated rings. The number of rotatable bonds is 7. The Bertz CT molecular complexity index is 168. The quantitative estimate of drug-likeness (QED) is 0.706. The zero-order valence-corrected chi connectivity index (χ0v) is 10.5. The standard InChI is InChI=1S/C12H25NO3/c1-11(2)15-9-7-13-5-3-12(4-6-13)16-10-8-14/h11-12,14H,3-10H2,1-2H3. The zero-order valence-electron chi connectivity index (χ0n) is 10.5. The minimum Gasteiger partial charge on any atom is -0.394 e. The lowest BCUT2D eigenvalue weighted by Crippen LogP contribution is -2.39. The average Bonchev–Trinajstić information content (AvgIpc) is 2.27. The van der Waals surface area contributed by atoms with Crippen molar-refractivity contribution in [1.29, 1.82) is 0 Å². The Labute approximate surface area is 98.5 Å². The summed E-state index contributed by atoms with van der Waals surface area (Å²) in [7, 11) is 0. The molecule has 0 saturated carbocycles. The number of aliphatic hydroxyl groups is 1. The molecule has 0 atom stereocenters. The summed E-state index contributed by atoms with van der Waals surface area (Å²) in [4.78, 5) is 2.42. The van der Waals surface area contributed by atoms with Crippen LogP contribution < -0.4 is 0 Å². The second kappa shape index (κ2) is 8.01. The minimum absolute atomic E-state index is 0.127. The summed E-state index contributed by atoms with van der Waals surface area (Å²) in [5, 5.41) is 8.67. The minimum atomic E-state index is 0.127. The Morgan fingerprint density at radius 1 is 1.25 bits per heavy atom. The molecule has 0 bridgehead atoms. The Morgan fingerprint density at radius 2 is 1.94 bits per heavy atom. The first-order valence-corrected chi connectivity index (χ1v) is 6.28. The maximum atomic E-state index is 8.67. The predicted octanol–water partition coefficient (Wildman–Crippen LogP) is 0.885. The van der Waals surface area contributed by atoms with Crippen LogP contribution in [-0.2, 0) is 9.47 Å². The van der Waals surface area contributed by atoms with Crippen LogP contribution in [0.5, 0.6) is 0 Å². The van der Waals surface area contributed by atoms with E-state index in [9.17, 15) is 0 Å². The molecule has 4 heteroatoms. The number of ether oxygens (including phenoxy) is 2. The molecule has 0 aromatic heterocycles. The van der Waals surface area contributed by atoms with E-state index in [0.717, 1.165) is 39.1 Å². The monoisotopic (exact) mass is 231 g/mol. The number of hydrogen-bond acceptors (Lipinski definition) is 4. The molecule has 16 heavy (non-hydrogen) atoms. The highest BCUT2D eigenvalue weighted by Crippen LogP contribution is 2.13. The van der Waals surface area contributed by atoms with Crippen molar-refractivity contribution in [3.05, 3.63) is 0 Å². The van der Waals surface area contributed by atoms with Crippen LogP contribution in [0.1, 0.15) is 26.7 Å². The fraction of sp³-hybridized carbons (Fsp3) is 1.00. The van der Waals surface area contributed by atoms with E-state index in [1.807, 2.05) is 0 Å². The highest BCUT2D eigenvalue weighted by atomic mass is 16.5. The first kappa shape index (κ1) is 13.9. The van der Waals surface area contributed by atoms with Gasteiger partial charge in [-0.3, -0.25) is 0 Å². The second-order valence-corrected chi connectivity index (χ2v) is 4.55. The summed E-state index contributed by atoms with van der Waals surface area (Å²) in [6.45, 7) is 8.73. The molecule has 96 valence electrons. The summed E-state index contributed by atoms with van der Waals surface area (Å²) >= 11 is 0. The van der Waals surface area contributed by atoms with Crippen molar-refractivity contribution in [1.82, 2.24) is 4.90 Å². The lowest BCUT2D eigenvalue weighted by molar-refractivity contribution is -0.0151. The van der Waals surface area contributed by atoms with Crippen LogP contribution >= 0.6 is 0 Å². The fourth-order valence-electron chi connectivity index (χ4n) is 1.94. The molecule has 4 nitrogen and oxygen atoms in total. The fourth-order valence-corrected chi connectivity index (χ4v) is 1.94. The highest BCUT2D eigenvalue weighted by Gasteiger charge is 2.18. The van der Waals surface area contributed by atoms with E-state index in [1.165, 1.54) is 0 Å². The number of likely N-dealkylation sites (tertiary alicyclic amines) is 1. The summed E-state index contributed by atoms with van der Waals surface area (Å²) < 4.78 is 11.0. The Kier molecular flexibility index (Phi) is 6.96. The largest absolute Gasteiger partial charge is 0.394 e. The topological polar surface area (TPSA) is 41.9 Å². The molecule has 1 aliphatic rings. The van der Waals surface area contributed by atoms with Crippen LogP contribution in [0.25, 0.3) is 0 Å². The maximum Gasteiger partial charge on any atom is 0.0701 e. The van der Waals surface area contributed by atoms with E-state index in [1.54, 1.807) is 0 Å². The van der Waals surface area contributed by atoms with Gasteiger partial charge in [-0.15, -0.1) is 0 Å². The first-order chi connectivity index (χ1) is 7.72. The highest BCUT2D eigenvalue weighted by molar-refractivity contribution is 4.72. The molecule has 0 spiro atoms. The number of hydrogen-bond donors (Lipinski definition) is 1. The average molecular weight is 231 g/mol. The van der Waals surface area contributed by atoms with Crippen molar-refractivity contribution in [3.8, 4) is 0 Å². The number of aliphatic hydroxyl groups excluding tert-OH is 1. The van der Waals surface area contributed by atoms with Gasteiger partial charge >= 0.3 is 0 Å². The van der Waals surface area contributed by atoms with Gasteiger partial charge in [-0.1, -0.05) is 0 Å². The van der Waals surface area contributed by atoms with Crippen LogP contribution in [0.4, 0.5) is 0 Å². The van der Waals surface area contributed by atoms with Crippen LogP contribution in [0.15, 0.2) is 0 Å². The predicted molar refractivity (Wildman–Crippen MR) is 63.6 cm³/mol. The lowest BCUT2D eigenvalue weighted by Gasteiger charge is -2.31. The van der Waals surface area contributed by atoms with Crippen molar-refractivity contribution in [2.45, 2.75) is 38.9 Å². The lowest BCUT2D eigenvalue weighted by atomic mass is 10.1. The molecule has 1 N–H and O–H groups in total. The molecule has 0 radical (unpaired) electrons. The van der Waals surface area contributed by atoms with Gasteiger partial charge in [0.15, 0.2) is 0 Å². The van der Waals surface area contributed by atoms with Crippen molar-refractivity contribution in [2.24, 2.45) is 0 Å². The molecule has 1 aliphatic heterocycles. The van der Waals surface area contributed by atoms with Crippen molar-refractivity contribution in [2.75, 3.05) is 39.5 Å². The van der Waals surface area contributed by atoms with Crippen molar-refractivity contribution in [3.63, 3.8) is 0 Å². The molecule has 1 heterocycles. The Morgan fingerprint density at radius 3 is 2.50 bits per heavy atom. The van der Waals surface area contributed by atoms with Crippen LogP contribution in [0.3, 0.4) is 0 Å². The molecule has 1 rings (SSSR count). The Hall–Kier alpha value is -0.160. The second-order valence-electron chi connectivity index (χ2n) is 4.55. The van der Waals surface area contributed by atoms with Crippen LogP contribution in [0, 0.1) is 0 Å². The van der Waals surface area contributed by atoms with Gasteiger partial charge in [-0.2, -0.15) is 0 Å². The van der Waals surface area contributed by atoms with Gasteiger partial charge in [0.05, 0.1) is 32.0 Å². The molecular formula is C12H25NO3. The summed E-state index contributed by atoms with van der Waals surface area (Å²) in [5.74, 6) is 0. The SMILES string of the molecule is CC(C)OCCN1CCC(OCCO)CC1. The number of nitrogens with zero attached hydrogens (tertiary/aromatic N) is 1. The summed E-state index contributed by atoms with van der Waals surface area (Å²) in [5.41, 5.74) is 0. The van der Waals surface area contributed by atoms with Gasteiger partial charge in [0.1, 0.15) is 0 Å². The third kappa shape index (κ3) is 5.80. The maximum absolute atomic E-state index is 8.67. The molecule has 0 aromatic carbocycles. The molecule has 0 aliphatic carbocycles. The summed E-state index contributed by atoms with van der Waals surface area (Å²) in [6, 6.07) is 0. The van der Waals surface area contributed by atoms with Gasteiger partial charge in [0.2, 0.25) is 0 Å². The first-order valence-electron chi connectivity index (χ1n) is 6.28. The zero-order chi connectivity index (χ0) is 11.8. The van der Waals surface area contributed by atoms with Gasteiger partial charge in [-0.05, 0) is 26.7 Å².